The van der Waals surface area contributed by atoms with Gasteiger partial charge in [0.2, 0.25) is 0 Å². The first-order valence-electron chi connectivity index (χ1n) is 5.60. The summed E-state index contributed by atoms with van der Waals surface area (Å²) in [6.07, 6.45) is 0. The van der Waals surface area contributed by atoms with E-state index in [9.17, 15) is 4.79 Å². The number of benzene rings is 2. The third-order valence-corrected chi connectivity index (χ3v) is 2.76. The van der Waals surface area contributed by atoms with Crippen LogP contribution < -0.4 is 5.32 Å². The SMILES string of the molecule is CNC(=O)c1ccc(-c2ccc(C)cc2)cc1. The van der Waals surface area contributed by atoms with Crippen LogP contribution in [-0.2, 0) is 0 Å². The van der Waals surface area contributed by atoms with E-state index in [0.717, 1.165) is 5.56 Å². The molecule has 0 aliphatic heterocycles. The summed E-state index contributed by atoms with van der Waals surface area (Å²) < 4.78 is 0. The second-order valence-corrected chi connectivity index (χ2v) is 4.02. The highest BCUT2D eigenvalue weighted by Gasteiger charge is 2.03. The minimum atomic E-state index is -0.0551. The van der Waals surface area contributed by atoms with Gasteiger partial charge in [0, 0.05) is 12.6 Å². The molecule has 0 aromatic heterocycles. The Kier molecular flexibility index (Phi) is 3.24. The van der Waals surface area contributed by atoms with Gasteiger partial charge >= 0.3 is 0 Å². The fourth-order valence-electron chi connectivity index (χ4n) is 1.70. The molecule has 0 unspecified atom stereocenters. The van der Waals surface area contributed by atoms with Gasteiger partial charge in [0.05, 0.1) is 0 Å². The van der Waals surface area contributed by atoms with Gasteiger partial charge in [0.15, 0.2) is 0 Å². The summed E-state index contributed by atoms with van der Waals surface area (Å²) in [6, 6.07) is 16.0. The summed E-state index contributed by atoms with van der Waals surface area (Å²) in [5.74, 6) is -0.0551. The van der Waals surface area contributed by atoms with E-state index < -0.39 is 0 Å². The lowest BCUT2D eigenvalue weighted by Gasteiger charge is -2.04. The molecule has 0 saturated carbocycles. The second kappa shape index (κ2) is 4.83. The van der Waals surface area contributed by atoms with Gasteiger partial charge in [-0.2, -0.15) is 0 Å². The van der Waals surface area contributed by atoms with Crippen LogP contribution in [0.4, 0.5) is 0 Å². The van der Waals surface area contributed by atoms with Crippen LogP contribution in [0, 0.1) is 6.92 Å². The fraction of sp³-hybridized carbons (Fsp3) is 0.133. The maximum atomic E-state index is 11.4. The first-order chi connectivity index (χ1) is 8.20. The standard InChI is InChI=1S/C15H15NO/c1-11-3-5-12(6-4-11)13-7-9-14(10-8-13)15(17)16-2/h3-10H,1-2H3,(H,16,17). The Bertz CT molecular complexity index is 512. The largest absolute Gasteiger partial charge is 0.355 e. The highest BCUT2D eigenvalue weighted by atomic mass is 16.1. The Labute approximate surface area is 101 Å². The molecule has 2 aromatic rings. The van der Waals surface area contributed by atoms with Gasteiger partial charge in [-0.15, -0.1) is 0 Å². The Hall–Kier alpha value is -2.09. The van der Waals surface area contributed by atoms with Gasteiger partial charge < -0.3 is 5.32 Å². The van der Waals surface area contributed by atoms with Crippen molar-refractivity contribution < 1.29 is 4.79 Å². The maximum absolute atomic E-state index is 11.4. The molecule has 1 N–H and O–H groups in total. The molecule has 2 aromatic carbocycles. The summed E-state index contributed by atoms with van der Waals surface area (Å²) >= 11 is 0. The van der Waals surface area contributed by atoms with Crippen LogP contribution in [0.25, 0.3) is 11.1 Å². The fourth-order valence-corrected chi connectivity index (χ4v) is 1.70. The maximum Gasteiger partial charge on any atom is 0.251 e. The average molecular weight is 225 g/mol. The molecule has 2 rings (SSSR count). The molecule has 2 nitrogen and oxygen atoms in total. The Balaban J connectivity index is 2.29. The van der Waals surface area contributed by atoms with Gasteiger partial charge in [-0.05, 0) is 30.2 Å². The van der Waals surface area contributed by atoms with E-state index in [-0.39, 0.29) is 5.91 Å². The van der Waals surface area contributed by atoms with Crippen molar-refractivity contribution in [3.63, 3.8) is 0 Å². The van der Waals surface area contributed by atoms with E-state index in [1.165, 1.54) is 11.1 Å². The van der Waals surface area contributed by atoms with Crippen molar-refractivity contribution in [1.82, 2.24) is 5.32 Å². The number of carbonyl (C=O) groups is 1. The van der Waals surface area contributed by atoms with Crippen molar-refractivity contribution in [3.8, 4) is 11.1 Å². The molecule has 0 bridgehead atoms. The van der Waals surface area contributed by atoms with Gasteiger partial charge in [-0.25, -0.2) is 0 Å². The lowest BCUT2D eigenvalue weighted by Crippen LogP contribution is -2.17. The lowest BCUT2D eigenvalue weighted by molar-refractivity contribution is 0.0963. The van der Waals surface area contributed by atoms with Crippen LogP contribution >= 0.6 is 0 Å². The van der Waals surface area contributed by atoms with Gasteiger partial charge in [0.25, 0.3) is 5.91 Å². The van der Waals surface area contributed by atoms with E-state index in [0.29, 0.717) is 5.56 Å². The summed E-state index contributed by atoms with van der Waals surface area (Å²) in [5, 5.41) is 2.61. The van der Waals surface area contributed by atoms with E-state index in [1.807, 2.05) is 24.3 Å². The molecule has 0 spiro atoms. The minimum absolute atomic E-state index is 0.0551. The smallest absolute Gasteiger partial charge is 0.251 e. The van der Waals surface area contributed by atoms with Crippen LogP contribution in [-0.4, -0.2) is 13.0 Å². The number of hydrogen-bond donors (Lipinski definition) is 1. The molecule has 1 amide bonds. The van der Waals surface area contributed by atoms with Crippen molar-refractivity contribution in [1.29, 1.82) is 0 Å². The summed E-state index contributed by atoms with van der Waals surface area (Å²) in [7, 11) is 1.64. The van der Waals surface area contributed by atoms with Crippen LogP contribution in [0.3, 0.4) is 0 Å². The number of rotatable bonds is 2. The first kappa shape index (κ1) is 11.4. The molecule has 86 valence electrons. The predicted molar refractivity (Wildman–Crippen MR) is 70.0 cm³/mol. The number of aryl methyl sites for hydroxylation is 1. The van der Waals surface area contributed by atoms with Crippen LogP contribution in [0.5, 0.6) is 0 Å². The molecule has 17 heavy (non-hydrogen) atoms. The van der Waals surface area contributed by atoms with Crippen molar-refractivity contribution in [2.45, 2.75) is 6.92 Å². The summed E-state index contributed by atoms with van der Waals surface area (Å²) in [6.45, 7) is 2.07. The highest BCUT2D eigenvalue weighted by molar-refractivity contribution is 5.94. The van der Waals surface area contributed by atoms with Gasteiger partial charge in [0.1, 0.15) is 0 Å². The highest BCUT2D eigenvalue weighted by Crippen LogP contribution is 2.20. The lowest BCUT2D eigenvalue weighted by atomic mass is 10.0. The van der Waals surface area contributed by atoms with E-state index in [1.54, 1.807) is 7.05 Å². The molecular weight excluding hydrogens is 210 g/mol. The number of carbonyl (C=O) groups excluding carboxylic acids is 1. The monoisotopic (exact) mass is 225 g/mol. The van der Waals surface area contributed by atoms with Crippen LogP contribution in [0.1, 0.15) is 15.9 Å². The van der Waals surface area contributed by atoms with Crippen LogP contribution in [0.15, 0.2) is 48.5 Å². The number of nitrogens with one attached hydrogen (secondary N) is 1. The average Bonchev–Trinajstić information content (AvgIpc) is 2.39. The van der Waals surface area contributed by atoms with Crippen molar-refractivity contribution in [3.05, 3.63) is 59.7 Å². The topological polar surface area (TPSA) is 29.1 Å². The second-order valence-electron chi connectivity index (χ2n) is 4.02. The quantitative estimate of drug-likeness (QED) is 0.836. The zero-order valence-corrected chi connectivity index (χ0v) is 10.0. The summed E-state index contributed by atoms with van der Waals surface area (Å²) in [5.41, 5.74) is 4.22. The van der Waals surface area contributed by atoms with E-state index in [2.05, 4.69) is 36.5 Å². The molecular formula is C15H15NO. The molecule has 0 radical (unpaired) electrons. The summed E-state index contributed by atoms with van der Waals surface area (Å²) in [4.78, 5) is 11.4. The van der Waals surface area contributed by atoms with E-state index >= 15 is 0 Å². The minimum Gasteiger partial charge on any atom is -0.355 e. The van der Waals surface area contributed by atoms with E-state index in [4.69, 9.17) is 0 Å². The Morgan fingerprint density at radius 3 is 1.82 bits per heavy atom. The van der Waals surface area contributed by atoms with Crippen molar-refractivity contribution in [2.75, 3.05) is 7.05 Å². The van der Waals surface area contributed by atoms with Crippen LogP contribution in [0.2, 0.25) is 0 Å². The third-order valence-electron chi connectivity index (χ3n) is 2.76. The molecule has 2 heteroatoms. The Morgan fingerprint density at radius 1 is 0.882 bits per heavy atom. The number of hydrogen-bond acceptors (Lipinski definition) is 1. The predicted octanol–water partition coefficient (Wildman–Crippen LogP) is 3.02. The first-order valence-corrected chi connectivity index (χ1v) is 5.60. The normalized spacial score (nSPS) is 10.0. The van der Waals surface area contributed by atoms with Gasteiger partial charge in [-0.3, -0.25) is 4.79 Å². The van der Waals surface area contributed by atoms with Gasteiger partial charge in [-0.1, -0.05) is 42.0 Å². The molecule has 0 saturated heterocycles. The zero-order chi connectivity index (χ0) is 12.3. The zero-order valence-electron chi connectivity index (χ0n) is 10.0. The number of amides is 1. The Morgan fingerprint density at radius 2 is 1.35 bits per heavy atom. The van der Waals surface area contributed by atoms with Crippen molar-refractivity contribution in [2.24, 2.45) is 0 Å². The molecule has 0 fully saturated rings. The van der Waals surface area contributed by atoms with Crippen molar-refractivity contribution >= 4 is 5.91 Å². The third kappa shape index (κ3) is 2.53. The molecule has 0 atom stereocenters. The molecule has 0 aliphatic carbocycles. The molecule has 0 heterocycles. The molecule has 0 aliphatic rings.